The van der Waals surface area contributed by atoms with E-state index in [0.717, 1.165) is 19.5 Å². The van der Waals surface area contributed by atoms with Crippen molar-refractivity contribution in [3.63, 3.8) is 0 Å². The molecule has 24 heavy (non-hydrogen) atoms. The molecule has 0 amide bonds. The first kappa shape index (κ1) is 21.6. The Labute approximate surface area is 149 Å². The predicted molar refractivity (Wildman–Crippen MR) is 100 cm³/mol. The highest BCUT2D eigenvalue weighted by molar-refractivity contribution is 7.88. The van der Waals surface area contributed by atoms with Crippen LogP contribution in [0.3, 0.4) is 0 Å². The maximum Gasteiger partial charge on any atom is 0.334 e. The summed E-state index contributed by atoms with van der Waals surface area (Å²) in [7, 11) is -2.11. The molecule has 0 saturated carbocycles. The summed E-state index contributed by atoms with van der Waals surface area (Å²) in [5.74, 6) is 0. The molecule has 1 aliphatic rings. The molecule has 0 N–H and O–H groups in total. The van der Waals surface area contributed by atoms with Crippen LogP contribution < -0.4 is 0 Å². The zero-order chi connectivity index (χ0) is 18.8. The van der Waals surface area contributed by atoms with Gasteiger partial charge in [-0.15, -0.1) is 0 Å². The first-order valence-electron chi connectivity index (χ1n) is 9.02. The van der Waals surface area contributed by atoms with Gasteiger partial charge in [-0.1, -0.05) is 13.3 Å². The molecule has 1 aliphatic heterocycles. The van der Waals surface area contributed by atoms with Crippen molar-refractivity contribution in [1.82, 2.24) is 4.90 Å². The Hall–Kier alpha value is -0.460. The molecule has 142 valence electrons. The summed E-state index contributed by atoms with van der Waals surface area (Å²) in [6.07, 6.45) is 4.97. The molecule has 5 nitrogen and oxygen atoms in total. The molecular weight excluding hydrogens is 324 g/mol. The van der Waals surface area contributed by atoms with Crippen LogP contribution in [0.4, 0.5) is 0 Å². The Kier molecular flexibility index (Phi) is 6.67. The number of hydrogen-bond donors (Lipinski definition) is 0. The van der Waals surface area contributed by atoms with Crippen molar-refractivity contribution in [1.29, 1.82) is 0 Å². The maximum absolute atomic E-state index is 13.1. The zero-order valence-corrected chi connectivity index (χ0v) is 17.5. The van der Waals surface area contributed by atoms with Gasteiger partial charge in [0.15, 0.2) is 0 Å². The fourth-order valence-electron chi connectivity index (χ4n) is 3.43. The van der Waals surface area contributed by atoms with E-state index in [1.54, 1.807) is 39.3 Å². The smallest absolute Gasteiger partial charge is 0.298 e. The van der Waals surface area contributed by atoms with E-state index >= 15 is 0 Å². The van der Waals surface area contributed by atoms with Gasteiger partial charge in [0, 0.05) is 18.9 Å². The molecule has 0 radical (unpaired) electrons. The van der Waals surface area contributed by atoms with Crippen LogP contribution in [0.1, 0.15) is 73.6 Å². The molecule has 0 aromatic heterocycles. The summed E-state index contributed by atoms with van der Waals surface area (Å²) >= 11 is 0. The van der Waals surface area contributed by atoms with Crippen molar-refractivity contribution in [2.45, 2.75) is 89.7 Å². The molecule has 1 saturated heterocycles. The second kappa shape index (κ2) is 7.42. The highest BCUT2D eigenvalue weighted by Crippen LogP contribution is 2.37. The van der Waals surface area contributed by atoms with Crippen molar-refractivity contribution in [2.75, 3.05) is 20.1 Å². The van der Waals surface area contributed by atoms with Crippen molar-refractivity contribution in [3.05, 3.63) is 0 Å². The second-order valence-corrected chi connectivity index (χ2v) is 10.6. The minimum Gasteiger partial charge on any atom is -0.298 e. The fourth-order valence-corrected chi connectivity index (χ4v) is 5.14. The van der Waals surface area contributed by atoms with Crippen LogP contribution in [0.5, 0.6) is 0 Å². The predicted octanol–water partition coefficient (Wildman–Crippen LogP) is 3.24. The summed E-state index contributed by atoms with van der Waals surface area (Å²) in [5, 5.41) is 0. The van der Waals surface area contributed by atoms with Crippen LogP contribution in [0.25, 0.3) is 0 Å². The SMILES string of the molecule is C=[N+](C)C(C)(CC(C)(CC)N1CCCCC1)S(=O)(=O)OC(C)(C)C. The molecule has 2 unspecified atom stereocenters. The first-order valence-corrected chi connectivity index (χ1v) is 10.4. The van der Waals surface area contributed by atoms with Crippen LogP contribution in [-0.2, 0) is 14.3 Å². The highest BCUT2D eigenvalue weighted by atomic mass is 32.2. The lowest BCUT2D eigenvalue weighted by Gasteiger charge is -2.45. The Bertz CT molecular complexity index is 547. The van der Waals surface area contributed by atoms with Gasteiger partial charge in [-0.25, -0.2) is 4.58 Å². The lowest BCUT2D eigenvalue weighted by molar-refractivity contribution is -0.548. The molecule has 0 aromatic rings. The lowest BCUT2D eigenvalue weighted by Crippen LogP contribution is -2.58. The van der Waals surface area contributed by atoms with E-state index in [9.17, 15) is 8.42 Å². The summed E-state index contributed by atoms with van der Waals surface area (Å²) in [4.78, 5) is 1.27. The average Bonchev–Trinajstić information content (AvgIpc) is 2.45. The van der Waals surface area contributed by atoms with Crippen molar-refractivity contribution in [3.8, 4) is 0 Å². The minimum atomic E-state index is -3.82. The van der Waals surface area contributed by atoms with Gasteiger partial charge < -0.3 is 0 Å². The van der Waals surface area contributed by atoms with Gasteiger partial charge in [0.25, 0.3) is 4.87 Å². The summed E-state index contributed by atoms with van der Waals surface area (Å²) in [6.45, 7) is 17.3. The van der Waals surface area contributed by atoms with Crippen molar-refractivity contribution >= 4 is 16.8 Å². The third-order valence-electron chi connectivity index (χ3n) is 5.30. The van der Waals surface area contributed by atoms with Crippen LogP contribution in [0.2, 0.25) is 0 Å². The molecule has 2 atom stereocenters. The Balaban J connectivity index is 3.20. The number of rotatable bonds is 7. The van der Waals surface area contributed by atoms with Gasteiger partial charge in [0.1, 0.15) is 13.8 Å². The van der Waals surface area contributed by atoms with Gasteiger partial charge >= 0.3 is 10.1 Å². The largest absolute Gasteiger partial charge is 0.334 e. The van der Waals surface area contributed by atoms with E-state index in [0.29, 0.717) is 6.42 Å². The van der Waals surface area contributed by atoms with Gasteiger partial charge in [0.2, 0.25) is 0 Å². The number of likely N-dealkylation sites (tertiary alicyclic amines) is 1. The summed E-state index contributed by atoms with van der Waals surface area (Å²) < 4.78 is 33.2. The maximum atomic E-state index is 13.1. The lowest BCUT2D eigenvalue weighted by atomic mass is 9.86. The van der Waals surface area contributed by atoms with Crippen LogP contribution >= 0.6 is 0 Å². The van der Waals surface area contributed by atoms with Crippen LogP contribution in [0, 0.1) is 0 Å². The Morgan fingerprint density at radius 1 is 1.08 bits per heavy atom. The first-order chi connectivity index (χ1) is 10.8. The van der Waals surface area contributed by atoms with E-state index in [1.165, 1.54) is 19.3 Å². The standard InChI is InChI=1S/C18H37N2O3S/c1-9-17(5,20-13-11-10-12-14-20)15-18(6,19(7)8)24(21,22)23-16(2,3)4/h7,9-15H2,1-6,8H3/q+1. The number of hydrogen-bond acceptors (Lipinski definition) is 4. The summed E-state index contributed by atoms with van der Waals surface area (Å²) in [6, 6.07) is 0. The third kappa shape index (κ3) is 4.79. The fraction of sp³-hybridized carbons (Fsp3) is 0.944. The molecule has 1 rings (SSSR count). The minimum absolute atomic E-state index is 0.199. The number of nitrogens with zero attached hydrogens (tertiary/aromatic N) is 2. The molecule has 0 spiro atoms. The monoisotopic (exact) mass is 361 g/mol. The van der Waals surface area contributed by atoms with Gasteiger partial charge in [0.05, 0.1) is 5.60 Å². The molecule has 1 heterocycles. The molecule has 0 aromatic carbocycles. The zero-order valence-electron chi connectivity index (χ0n) is 16.7. The number of piperidine rings is 1. The summed E-state index contributed by atoms with van der Waals surface area (Å²) in [5.41, 5.74) is -0.959. The second-order valence-electron chi connectivity index (χ2n) is 8.60. The van der Waals surface area contributed by atoms with E-state index in [-0.39, 0.29) is 5.54 Å². The highest BCUT2D eigenvalue weighted by Gasteiger charge is 2.54. The van der Waals surface area contributed by atoms with Crippen molar-refractivity contribution in [2.24, 2.45) is 0 Å². The van der Waals surface area contributed by atoms with Gasteiger partial charge in [-0.3, -0.25) is 9.08 Å². The van der Waals surface area contributed by atoms with E-state index in [1.807, 2.05) is 0 Å². The van der Waals surface area contributed by atoms with Gasteiger partial charge in [-0.2, -0.15) is 8.42 Å². The molecule has 1 fully saturated rings. The van der Waals surface area contributed by atoms with Gasteiger partial charge in [-0.05, 0) is 60.0 Å². The molecular formula is C18H37N2O3S+. The molecule has 0 aliphatic carbocycles. The van der Waals surface area contributed by atoms with E-state index in [2.05, 4.69) is 25.5 Å². The van der Waals surface area contributed by atoms with Crippen molar-refractivity contribution < 1.29 is 17.2 Å². The van der Waals surface area contributed by atoms with E-state index in [4.69, 9.17) is 4.18 Å². The topological polar surface area (TPSA) is 49.6 Å². The Morgan fingerprint density at radius 2 is 1.58 bits per heavy atom. The quantitative estimate of drug-likeness (QED) is 0.397. The van der Waals surface area contributed by atoms with E-state index < -0.39 is 20.6 Å². The van der Waals surface area contributed by atoms with Crippen LogP contribution in [0.15, 0.2) is 0 Å². The normalized spacial score (nSPS) is 22.6. The molecule has 0 bridgehead atoms. The molecule has 6 heteroatoms. The third-order valence-corrected chi connectivity index (χ3v) is 7.55. The Morgan fingerprint density at radius 3 is 1.96 bits per heavy atom. The van der Waals surface area contributed by atoms with Crippen LogP contribution in [-0.4, -0.2) is 60.8 Å². The average molecular weight is 362 g/mol.